The Balaban J connectivity index is 1.38. The van der Waals surface area contributed by atoms with Gasteiger partial charge in [0.1, 0.15) is 5.75 Å². The summed E-state index contributed by atoms with van der Waals surface area (Å²) in [5, 5.41) is 6.70. The van der Waals surface area contributed by atoms with Crippen molar-refractivity contribution in [3.63, 3.8) is 0 Å². The molecule has 4 rings (SSSR count). The van der Waals surface area contributed by atoms with Crippen LogP contribution in [0.1, 0.15) is 30.2 Å². The standard InChI is InChI=1S/C22H21F3N4O3/c1-31-18-8-3-2-7-17(18)26-21(30)29-11-9-14(10-12-29)20-27-19(28-32-20)15-5-4-6-16(13-15)22(23,24)25/h2-8,13-14H,9-12H2,1H3,(H,26,30). The molecule has 0 saturated carbocycles. The molecule has 168 valence electrons. The molecule has 1 aliphatic rings. The molecule has 1 N–H and O–H groups in total. The van der Waals surface area contributed by atoms with E-state index in [-0.39, 0.29) is 23.3 Å². The van der Waals surface area contributed by atoms with E-state index in [0.29, 0.717) is 43.3 Å². The highest BCUT2D eigenvalue weighted by molar-refractivity contribution is 5.91. The first kappa shape index (κ1) is 21.7. The molecular formula is C22H21F3N4O3. The third-order valence-electron chi connectivity index (χ3n) is 5.37. The lowest BCUT2D eigenvalue weighted by atomic mass is 9.97. The number of anilines is 1. The number of likely N-dealkylation sites (tertiary alicyclic amines) is 1. The second kappa shape index (κ2) is 8.89. The van der Waals surface area contributed by atoms with Gasteiger partial charge in [0.25, 0.3) is 0 Å². The monoisotopic (exact) mass is 446 g/mol. The highest BCUT2D eigenvalue weighted by Crippen LogP contribution is 2.33. The van der Waals surface area contributed by atoms with E-state index < -0.39 is 11.7 Å². The number of para-hydroxylation sites is 2. The van der Waals surface area contributed by atoms with E-state index in [2.05, 4.69) is 15.5 Å². The fourth-order valence-electron chi connectivity index (χ4n) is 3.62. The molecule has 10 heteroatoms. The van der Waals surface area contributed by atoms with Crippen LogP contribution in [0.4, 0.5) is 23.7 Å². The summed E-state index contributed by atoms with van der Waals surface area (Å²) in [5.74, 6) is 0.978. The molecule has 7 nitrogen and oxygen atoms in total. The molecule has 0 spiro atoms. The van der Waals surface area contributed by atoms with E-state index in [1.807, 2.05) is 12.1 Å². The van der Waals surface area contributed by atoms with Gasteiger partial charge in [0.15, 0.2) is 0 Å². The van der Waals surface area contributed by atoms with Gasteiger partial charge in [-0.25, -0.2) is 4.79 Å². The molecule has 0 unspecified atom stereocenters. The molecule has 3 aromatic rings. The number of nitrogens with zero attached hydrogens (tertiary/aromatic N) is 3. The van der Waals surface area contributed by atoms with Crippen LogP contribution >= 0.6 is 0 Å². The summed E-state index contributed by atoms with van der Waals surface area (Å²) < 4.78 is 49.4. The number of urea groups is 1. The normalized spacial score (nSPS) is 14.9. The highest BCUT2D eigenvalue weighted by Gasteiger charge is 2.31. The van der Waals surface area contributed by atoms with E-state index in [1.165, 1.54) is 19.2 Å². The Bertz CT molecular complexity index is 1090. The number of benzene rings is 2. The number of alkyl halides is 3. The number of hydrogen-bond donors (Lipinski definition) is 1. The zero-order valence-corrected chi connectivity index (χ0v) is 17.2. The van der Waals surface area contributed by atoms with Crippen LogP contribution in [-0.2, 0) is 6.18 Å². The van der Waals surface area contributed by atoms with Crippen molar-refractivity contribution < 1.29 is 27.2 Å². The second-order valence-corrected chi connectivity index (χ2v) is 7.43. The number of amides is 2. The molecule has 0 radical (unpaired) electrons. The lowest BCUT2D eigenvalue weighted by Gasteiger charge is -2.30. The van der Waals surface area contributed by atoms with Crippen LogP contribution in [0, 0.1) is 0 Å². The van der Waals surface area contributed by atoms with Gasteiger partial charge in [-0.2, -0.15) is 18.2 Å². The number of rotatable bonds is 4. The van der Waals surface area contributed by atoms with Gasteiger partial charge < -0.3 is 19.5 Å². The third kappa shape index (κ3) is 4.68. The van der Waals surface area contributed by atoms with Gasteiger partial charge in [-0.15, -0.1) is 0 Å². The molecule has 32 heavy (non-hydrogen) atoms. The molecule has 2 amide bonds. The first-order valence-electron chi connectivity index (χ1n) is 10.1. The molecule has 1 aromatic heterocycles. The number of carbonyl (C=O) groups is 1. The Morgan fingerprint density at radius 2 is 1.91 bits per heavy atom. The van der Waals surface area contributed by atoms with E-state index in [4.69, 9.17) is 9.26 Å². The van der Waals surface area contributed by atoms with Crippen molar-refractivity contribution in [1.29, 1.82) is 0 Å². The molecule has 0 atom stereocenters. The zero-order valence-electron chi connectivity index (χ0n) is 17.2. The van der Waals surface area contributed by atoms with Gasteiger partial charge in [-0.1, -0.05) is 29.4 Å². The highest BCUT2D eigenvalue weighted by atomic mass is 19.4. The topological polar surface area (TPSA) is 80.5 Å². The fraction of sp³-hybridized carbons (Fsp3) is 0.318. The Morgan fingerprint density at radius 3 is 2.62 bits per heavy atom. The maximum atomic E-state index is 13.0. The van der Waals surface area contributed by atoms with Gasteiger partial charge in [-0.3, -0.25) is 0 Å². The summed E-state index contributed by atoms with van der Waals surface area (Å²) in [6.45, 7) is 0.958. The molecule has 0 bridgehead atoms. The first-order valence-corrected chi connectivity index (χ1v) is 10.1. The second-order valence-electron chi connectivity index (χ2n) is 7.43. The Labute approximate surface area is 182 Å². The van der Waals surface area contributed by atoms with Crippen LogP contribution < -0.4 is 10.1 Å². The van der Waals surface area contributed by atoms with Gasteiger partial charge in [0, 0.05) is 24.6 Å². The average molecular weight is 446 g/mol. The number of ether oxygens (including phenoxy) is 1. The summed E-state index contributed by atoms with van der Waals surface area (Å²) in [4.78, 5) is 18.6. The number of methoxy groups -OCH3 is 1. The lowest BCUT2D eigenvalue weighted by Crippen LogP contribution is -2.40. The van der Waals surface area contributed by atoms with Crippen molar-refractivity contribution in [2.24, 2.45) is 0 Å². The van der Waals surface area contributed by atoms with Crippen LogP contribution in [0.25, 0.3) is 11.4 Å². The van der Waals surface area contributed by atoms with Gasteiger partial charge in [0.2, 0.25) is 11.7 Å². The Kier molecular flexibility index (Phi) is 6.02. The van der Waals surface area contributed by atoms with Crippen LogP contribution in [0.3, 0.4) is 0 Å². The quantitative estimate of drug-likeness (QED) is 0.598. The Morgan fingerprint density at radius 1 is 1.16 bits per heavy atom. The minimum Gasteiger partial charge on any atom is -0.495 e. The summed E-state index contributed by atoms with van der Waals surface area (Å²) in [6.07, 6.45) is -3.24. The van der Waals surface area contributed by atoms with Crippen molar-refractivity contribution in [3.8, 4) is 17.1 Å². The van der Waals surface area contributed by atoms with Crippen molar-refractivity contribution in [3.05, 3.63) is 60.0 Å². The van der Waals surface area contributed by atoms with Crippen LogP contribution in [-0.4, -0.2) is 41.3 Å². The largest absolute Gasteiger partial charge is 0.495 e. The number of piperidine rings is 1. The summed E-state index contributed by atoms with van der Waals surface area (Å²) in [7, 11) is 1.54. The molecule has 1 aliphatic heterocycles. The van der Waals surface area contributed by atoms with Crippen molar-refractivity contribution in [1.82, 2.24) is 15.0 Å². The molecular weight excluding hydrogens is 425 g/mol. The Hall–Kier alpha value is -3.56. The maximum Gasteiger partial charge on any atom is 0.416 e. The molecule has 2 aromatic carbocycles. The maximum absolute atomic E-state index is 13.0. The van der Waals surface area contributed by atoms with Gasteiger partial charge in [-0.05, 0) is 37.1 Å². The predicted octanol–water partition coefficient (Wildman–Crippen LogP) is 5.18. The SMILES string of the molecule is COc1ccccc1NC(=O)N1CCC(c2nc(-c3cccc(C(F)(F)F)c3)no2)CC1. The fourth-order valence-corrected chi connectivity index (χ4v) is 3.62. The van der Waals surface area contributed by atoms with E-state index in [9.17, 15) is 18.0 Å². The van der Waals surface area contributed by atoms with E-state index in [0.717, 1.165) is 12.1 Å². The minimum atomic E-state index is -4.44. The number of aromatic nitrogens is 2. The van der Waals surface area contributed by atoms with Crippen LogP contribution in [0.15, 0.2) is 53.1 Å². The van der Waals surface area contributed by atoms with E-state index in [1.54, 1.807) is 17.0 Å². The number of nitrogens with one attached hydrogen (secondary N) is 1. The summed E-state index contributed by atoms with van der Waals surface area (Å²) in [6, 6.07) is 11.7. The molecule has 1 fully saturated rings. The molecule has 0 aliphatic carbocycles. The molecule has 1 saturated heterocycles. The van der Waals surface area contributed by atoms with Gasteiger partial charge >= 0.3 is 12.2 Å². The average Bonchev–Trinajstić information content (AvgIpc) is 3.29. The number of carbonyl (C=O) groups excluding carboxylic acids is 1. The summed E-state index contributed by atoms with van der Waals surface area (Å²) in [5.41, 5.74) is 0.0592. The number of halogens is 3. The van der Waals surface area contributed by atoms with Crippen LogP contribution in [0.2, 0.25) is 0 Å². The third-order valence-corrected chi connectivity index (χ3v) is 5.37. The first-order chi connectivity index (χ1) is 15.3. The van der Waals surface area contributed by atoms with Crippen molar-refractivity contribution >= 4 is 11.7 Å². The zero-order chi connectivity index (χ0) is 22.7. The van der Waals surface area contributed by atoms with Crippen molar-refractivity contribution in [2.75, 3.05) is 25.5 Å². The van der Waals surface area contributed by atoms with Gasteiger partial charge in [0.05, 0.1) is 18.4 Å². The molecule has 2 heterocycles. The van der Waals surface area contributed by atoms with Crippen LogP contribution in [0.5, 0.6) is 5.75 Å². The smallest absolute Gasteiger partial charge is 0.416 e. The predicted molar refractivity (Wildman–Crippen MR) is 110 cm³/mol. The number of hydrogen-bond acceptors (Lipinski definition) is 5. The van der Waals surface area contributed by atoms with E-state index >= 15 is 0 Å². The lowest BCUT2D eigenvalue weighted by molar-refractivity contribution is -0.137. The van der Waals surface area contributed by atoms with Crippen molar-refractivity contribution in [2.45, 2.75) is 24.9 Å². The minimum absolute atomic E-state index is 0.0719. The summed E-state index contributed by atoms with van der Waals surface area (Å²) >= 11 is 0.